The van der Waals surface area contributed by atoms with E-state index in [1.54, 1.807) is 6.07 Å². The van der Waals surface area contributed by atoms with Gasteiger partial charge in [-0.2, -0.15) is 0 Å². The number of hydrogen-bond donors (Lipinski definition) is 2. The molecule has 0 radical (unpaired) electrons. The SMILES string of the molecule is O=C(N[C@H](CO)Cc1ccccc1)c1ccccc1[N+](=O)[O-]. The monoisotopic (exact) mass is 300 g/mol. The van der Waals surface area contributed by atoms with Gasteiger partial charge in [0.25, 0.3) is 11.6 Å². The molecule has 0 spiro atoms. The van der Waals surface area contributed by atoms with Crippen LogP contribution in [0, 0.1) is 10.1 Å². The minimum absolute atomic E-state index is 0.0148. The van der Waals surface area contributed by atoms with Gasteiger partial charge in [0.2, 0.25) is 0 Å². The molecule has 0 saturated heterocycles. The first-order valence-electron chi connectivity index (χ1n) is 6.81. The Morgan fingerprint density at radius 2 is 1.77 bits per heavy atom. The molecule has 0 saturated carbocycles. The highest BCUT2D eigenvalue weighted by molar-refractivity contribution is 5.98. The molecular weight excluding hydrogens is 284 g/mol. The van der Waals surface area contributed by atoms with Crippen molar-refractivity contribution < 1.29 is 14.8 Å². The Balaban J connectivity index is 2.11. The maximum Gasteiger partial charge on any atom is 0.282 e. The molecule has 2 aromatic rings. The topological polar surface area (TPSA) is 92.5 Å². The minimum atomic E-state index is -0.597. The summed E-state index contributed by atoms with van der Waals surface area (Å²) in [5, 5.41) is 23.0. The van der Waals surface area contributed by atoms with Crippen molar-refractivity contribution in [2.75, 3.05) is 6.61 Å². The number of amides is 1. The number of para-hydroxylation sites is 1. The molecular formula is C16H16N2O4. The van der Waals surface area contributed by atoms with Crippen LogP contribution in [0.4, 0.5) is 5.69 Å². The quantitative estimate of drug-likeness (QED) is 0.629. The van der Waals surface area contributed by atoms with Crippen molar-refractivity contribution in [2.24, 2.45) is 0 Å². The van der Waals surface area contributed by atoms with Crippen molar-refractivity contribution in [2.45, 2.75) is 12.5 Å². The first kappa shape index (κ1) is 15.7. The number of nitro benzene ring substituents is 1. The number of carbonyl (C=O) groups excluding carboxylic acids is 1. The van der Waals surface area contributed by atoms with Gasteiger partial charge in [-0.25, -0.2) is 0 Å². The predicted octanol–water partition coefficient (Wildman–Crippen LogP) is 1.93. The van der Waals surface area contributed by atoms with Crippen LogP contribution in [0.2, 0.25) is 0 Å². The predicted molar refractivity (Wildman–Crippen MR) is 81.6 cm³/mol. The summed E-state index contributed by atoms with van der Waals surface area (Å²) in [6.07, 6.45) is 0.448. The number of nitrogens with one attached hydrogen (secondary N) is 1. The van der Waals surface area contributed by atoms with E-state index in [1.165, 1.54) is 18.2 Å². The maximum atomic E-state index is 12.2. The Bertz CT molecular complexity index is 658. The van der Waals surface area contributed by atoms with Gasteiger partial charge in [0.1, 0.15) is 5.56 Å². The van der Waals surface area contributed by atoms with Crippen LogP contribution in [0.15, 0.2) is 54.6 Å². The van der Waals surface area contributed by atoms with E-state index in [-0.39, 0.29) is 17.9 Å². The third-order valence-electron chi connectivity index (χ3n) is 3.23. The molecule has 0 aliphatic carbocycles. The van der Waals surface area contributed by atoms with Crippen LogP contribution in [0.1, 0.15) is 15.9 Å². The fourth-order valence-corrected chi connectivity index (χ4v) is 2.15. The molecule has 6 nitrogen and oxygen atoms in total. The lowest BCUT2D eigenvalue weighted by Crippen LogP contribution is -2.39. The maximum absolute atomic E-state index is 12.2. The molecule has 0 heterocycles. The summed E-state index contributed by atoms with van der Waals surface area (Å²) in [6.45, 7) is -0.249. The van der Waals surface area contributed by atoms with Crippen LogP contribution in [0.25, 0.3) is 0 Å². The van der Waals surface area contributed by atoms with Crippen molar-refractivity contribution in [1.82, 2.24) is 5.32 Å². The number of nitrogens with zero attached hydrogens (tertiary/aromatic N) is 1. The number of carbonyl (C=O) groups is 1. The first-order valence-corrected chi connectivity index (χ1v) is 6.81. The number of aliphatic hydroxyl groups excluding tert-OH is 1. The fraction of sp³-hybridized carbons (Fsp3) is 0.188. The molecule has 2 aromatic carbocycles. The highest BCUT2D eigenvalue weighted by atomic mass is 16.6. The fourth-order valence-electron chi connectivity index (χ4n) is 2.15. The van der Waals surface area contributed by atoms with Gasteiger partial charge in [0, 0.05) is 6.07 Å². The molecule has 2 N–H and O–H groups in total. The van der Waals surface area contributed by atoms with Crippen LogP contribution in [-0.2, 0) is 6.42 Å². The molecule has 0 fully saturated rings. The summed E-state index contributed by atoms with van der Waals surface area (Å²) in [5.41, 5.74) is 0.694. The summed E-state index contributed by atoms with van der Waals surface area (Å²) >= 11 is 0. The number of rotatable bonds is 6. The zero-order valence-corrected chi connectivity index (χ0v) is 11.8. The van der Waals surface area contributed by atoms with Crippen molar-refractivity contribution in [1.29, 1.82) is 0 Å². The molecule has 2 rings (SSSR count). The van der Waals surface area contributed by atoms with E-state index in [0.717, 1.165) is 5.56 Å². The second kappa shape index (κ2) is 7.33. The lowest BCUT2D eigenvalue weighted by molar-refractivity contribution is -0.385. The van der Waals surface area contributed by atoms with Gasteiger partial charge in [-0.3, -0.25) is 14.9 Å². The summed E-state index contributed by atoms with van der Waals surface area (Å²) in [6, 6.07) is 14.6. The second-order valence-corrected chi connectivity index (χ2v) is 4.82. The second-order valence-electron chi connectivity index (χ2n) is 4.82. The van der Waals surface area contributed by atoms with Crippen molar-refractivity contribution >= 4 is 11.6 Å². The molecule has 0 aromatic heterocycles. The molecule has 114 valence electrons. The Hall–Kier alpha value is -2.73. The lowest BCUT2D eigenvalue weighted by Gasteiger charge is -2.16. The van der Waals surface area contributed by atoms with Gasteiger partial charge >= 0.3 is 0 Å². The molecule has 0 bridgehead atoms. The zero-order chi connectivity index (χ0) is 15.9. The van der Waals surface area contributed by atoms with Crippen molar-refractivity contribution in [3.63, 3.8) is 0 Å². The number of benzene rings is 2. The molecule has 1 atom stereocenters. The summed E-state index contributed by atoms with van der Waals surface area (Å²) in [5.74, 6) is -0.567. The van der Waals surface area contributed by atoms with Gasteiger partial charge in [-0.05, 0) is 18.1 Å². The number of hydrogen-bond acceptors (Lipinski definition) is 4. The first-order chi connectivity index (χ1) is 10.6. The third-order valence-corrected chi connectivity index (χ3v) is 3.23. The lowest BCUT2D eigenvalue weighted by atomic mass is 10.1. The van der Waals surface area contributed by atoms with E-state index < -0.39 is 16.9 Å². The Kier molecular flexibility index (Phi) is 5.21. The largest absolute Gasteiger partial charge is 0.394 e. The molecule has 22 heavy (non-hydrogen) atoms. The minimum Gasteiger partial charge on any atom is -0.394 e. The van der Waals surface area contributed by atoms with E-state index in [0.29, 0.717) is 6.42 Å². The Morgan fingerprint density at radius 1 is 1.14 bits per heavy atom. The molecule has 1 amide bonds. The summed E-state index contributed by atoms with van der Waals surface area (Å²) < 4.78 is 0. The molecule has 6 heteroatoms. The summed E-state index contributed by atoms with van der Waals surface area (Å²) in [7, 11) is 0. The molecule has 0 unspecified atom stereocenters. The van der Waals surface area contributed by atoms with E-state index in [2.05, 4.69) is 5.32 Å². The third kappa shape index (κ3) is 3.89. The standard InChI is InChI=1S/C16H16N2O4/c19-11-13(10-12-6-2-1-3-7-12)17-16(20)14-8-4-5-9-15(14)18(21)22/h1-9,13,19H,10-11H2,(H,17,20)/t13-/m0/s1. The average Bonchev–Trinajstić information content (AvgIpc) is 2.55. The Morgan fingerprint density at radius 3 is 2.41 bits per heavy atom. The number of aliphatic hydroxyl groups is 1. The van der Waals surface area contributed by atoms with E-state index in [1.807, 2.05) is 30.3 Å². The van der Waals surface area contributed by atoms with Gasteiger partial charge < -0.3 is 10.4 Å². The van der Waals surface area contributed by atoms with Gasteiger partial charge in [-0.1, -0.05) is 42.5 Å². The average molecular weight is 300 g/mol. The smallest absolute Gasteiger partial charge is 0.282 e. The van der Waals surface area contributed by atoms with Crippen LogP contribution in [0.5, 0.6) is 0 Å². The highest BCUT2D eigenvalue weighted by Gasteiger charge is 2.21. The zero-order valence-electron chi connectivity index (χ0n) is 11.8. The Labute approximate surface area is 127 Å². The van der Waals surface area contributed by atoms with Crippen LogP contribution >= 0.6 is 0 Å². The van der Waals surface area contributed by atoms with Gasteiger partial charge in [0.15, 0.2) is 0 Å². The van der Waals surface area contributed by atoms with E-state index >= 15 is 0 Å². The van der Waals surface area contributed by atoms with Crippen molar-refractivity contribution in [3.8, 4) is 0 Å². The molecule has 0 aliphatic heterocycles. The van der Waals surface area contributed by atoms with Crippen molar-refractivity contribution in [3.05, 3.63) is 75.8 Å². The van der Waals surface area contributed by atoms with E-state index in [4.69, 9.17) is 0 Å². The van der Waals surface area contributed by atoms with E-state index in [9.17, 15) is 20.0 Å². The number of nitro groups is 1. The normalized spacial score (nSPS) is 11.7. The van der Waals surface area contributed by atoms with Crippen LogP contribution in [0.3, 0.4) is 0 Å². The van der Waals surface area contributed by atoms with Crippen LogP contribution < -0.4 is 5.32 Å². The van der Waals surface area contributed by atoms with Crippen LogP contribution in [-0.4, -0.2) is 28.6 Å². The van der Waals surface area contributed by atoms with Gasteiger partial charge in [-0.15, -0.1) is 0 Å². The van der Waals surface area contributed by atoms with Gasteiger partial charge in [0.05, 0.1) is 17.6 Å². The highest BCUT2D eigenvalue weighted by Crippen LogP contribution is 2.17. The summed E-state index contributed by atoms with van der Waals surface area (Å²) in [4.78, 5) is 22.6. The molecule has 0 aliphatic rings.